The second kappa shape index (κ2) is 12.4. The number of carbonyl (C=O) groups excluding carboxylic acids is 4. The summed E-state index contributed by atoms with van der Waals surface area (Å²) >= 11 is 12.3. The van der Waals surface area contributed by atoms with Crippen LogP contribution in [0.5, 0.6) is 0 Å². The van der Waals surface area contributed by atoms with Gasteiger partial charge in [-0.2, -0.15) is 0 Å². The van der Waals surface area contributed by atoms with E-state index in [2.05, 4.69) is 10.6 Å². The van der Waals surface area contributed by atoms with Gasteiger partial charge in [0.2, 0.25) is 5.91 Å². The standard InChI is InChI=1S/C31H38Cl2N2O6/c1-29(2,3)41-28(39)31(6)16-15-20(30(31,4)5)25(36)35-23(27(38)40-7)17-18-11-13-19(14-12-18)34-26(37)24-21(32)9-8-10-22(24)33/h8-14,20,23H,15-17H2,1-7H3,(H,34,37)(H,35,36)/t20?,23-,31?/m0/s1. The molecule has 222 valence electrons. The third-order valence-electron chi connectivity index (χ3n) is 8.04. The first-order valence-electron chi connectivity index (χ1n) is 13.5. The summed E-state index contributed by atoms with van der Waals surface area (Å²) in [6.45, 7) is 11.1. The van der Waals surface area contributed by atoms with Crippen molar-refractivity contribution in [2.45, 2.75) is 72.4 Å². The predicted molar refractivity (Wildman–Crippen MR) is 159 cm³/mol. The van der Waals surface area contributed by atoms with E-state index in [-0.39, 0.29) is 33.9 Å². The highest BCUT2D eigenvalue weighted by Crippen LogP contribution is 2.57. The summed E-state index contributed by atoms with van der Waals surface area (Å²) in [6, 6.07) is 10.7. The lowest BCUT2D eigenvalue weighted by Gasteiger charge is -2.40. The number of ether oxygens (including phenoxy) is 2. The zero-order valence-corrected chi connectivity index (χ0v) is 26.0. The number of hydrogen-bond acceptors (Lipinski definition) is 6. The smallest absolute Gasteiger partial charge is 0.328 e. The molecule has 1 fully saturated rings. The zero-order chi connectivity index (χ0) is 30.8. The molecule has 0 radical (unpaired) electrons. The lowest BCUT2D eigenvalue weighted by Crippen LogP contribution is -2.51. The van der Waals surface area contributed by atoms with E-state index in [9.17, 15) is 19.2 Å². The molecule has 8 nitrogen and oxygen atoms in total. The molecule has 1 aliphatic rings. The number of anilines is 1. The lowest BCUT2D eigenvalue weighted by molar-refractivity contribution is -0.173. The number of nitrogens with one attached hydrogen (secondary N) is 2. The molecule has 10 heteroatoms. The molecule has 0 bridgehead atoms. The number of amides is 2. The molecule has 0 aliphatic heterocycles. The van der Waals surface area contributed by atoms with Crippen molar-refractivity contribution in [2.24, 2.45) is 16.7 Å². The molecule has 2 aromatic carbocycles. The van der Waals surface area contributed by atoms with Gasteiger partial charge in [-0.25, -0.2) is 4.79 Å². The van der Waals surface area contributed by atoms with Gasteiger partial charge in [0.1, 0.15) is 11.6 Å². The maximum absolute atomic E-state index is 13.5. The van der Waals surface area contributed by atoms with Crippen LogP contribution in [0, 0.1) is 16.7 Å². The minimum Gasteiger partial charge on any atom is -0.467 e. The van der Waals surface area contributed by atoms with Gasteiger partial charge in [0.15, 0.2) is 0 Å². The van der Waals surface area contributed by atoms with Crippen molar-refractivity contribution in [3.05, 3.63) is 63.6 Å². The maximum Gasteiger partial charge on any atom is 0.328 e. The number of halogens is 2. The first-order chi connectivity index (χ1) is 19.0. The molecule has 0 spiro atoms. The molecule has 2 aromatic rings. The molecule has 2 unspecified atom stereocenters. The Balaban J connectivity index is 1.71. The number of carbonyl (C=O) groups is 4. The summed E-state index contributed by atoms with van der Waals surface area (Å²) in [6.07, 6.45) is 1.13. The van der Waals surface area contributed by atoms with Gasteiger partial charge in [0.25, 0.3) is 5.91 Å². The SMILES string of the molecule is COC(=O)[C@H](Cc1ccc(NC(=O)c2c(Cl)cccc2Cl)cc1)NC(=O)C1CCC(C)(C(=O)OC(C)(C)C)C1(C)C. The molecule has 0 saturated heterocycles. The highest BCUT2D eigenvalue weighted by atomic mass is 35.5. The van der Waals surface area contributed by atoms with Gasteiger partial charge in [-0.15, -0.1) is 0 Å². The van der Waals surface area contributed by atoms with Gasteiger partial charge in [-0.05, 0) is 75.8 Å². The van der Waals surface area contributed by atoms with Crippen LogP contribution in [0.25, 0.3) is 0 Å². The summed E-state index contributed by atoms with van der Waals surface area (Å²) in [5, 5.41) is 6.08. The Morgan fingerprint density at radius 2 is 1.59 bits per heavy atom. The van der Waals surface area contributed by atoms with Crippen LogP contribution in [-0.2, 0) is 30.3 Å². The fraction of sp³-hybridized carbons (Fsp3) is 0.484. The van der Waals surface area contributed by atoms with Crippen molar-refractivity contribution < 1.29 is 28.7 Å². The van der Waals surface area contributed by atoms with E-state index in [4.69, 9.17) is 32.7 Å². The quantitative estimate of drug-likeness (QED) is 0.345. The fourth-order valence-corrected chi connectivity index (χ4v) is 5.76. The minimum absolute atomic E-state index is 0.166. The zero-order valence-electron chi connectivity index (χ0n) is 24.5. The van der Waals surface area contributed by atoms with E-state index in [1.54, 1.807) is 42.5 Å². The van der Waals surface area contributed by atoms with Crippen molar-refractivity contribution in [2.75, 3.05) is 12.4 Å². The Bertz CT molecular complexity index is 1300. The third kappa shape index (κ3) is 7.22. The third-order valence-corrected chi connectivity index (χ3v) is 8.67. The van der Waals surface area contributed by atoms with Gasteiger partial charge >= 0.3 is 11.9 Å². The first kappa shape index (κ1) is 32.4. The summed E-state index contributed by atoms with van der Waals surface area (Å²) in [5.41, 5.74) is -0.818. The van der Waals surface area contributed by atoms with E-state index in [0.717, 1.165) is 5.56 Å². The average Bonchev–Trinajstić information content (AvgIpc) is 3.12. The topological polar surface area (TPSA) is 111 Å². The van der Waals surface area contributed by atoms with Gasteiger partial charge in [0, 0.05) is 18.0 Å². The molecule has 1 saturated carbocycles. The van der Waals surface area contributed by atoms with E-state index >= 15 is 0 Å². The lowest BCUT2D eigenvalue weighted by atomic mass is 9.65. The monoisotopic (exact) mass is 604 g/mol. The van der Waals surface area contributed by atoms with Gasteiger partial charge in [-0.3, -0.25) is 14.4 Å². The minimum atomic E-state index is -0.945. The number of esters is 2. The highest BCUT2D eigenvalue weighted by molar-refractivity contribution is 6.40. The Labute approximate surface area is 251 Å². The molecule has 2 amide bonds. The average molecular weight is 606 g/mol. The van der Waals surface area contributed by atoms with Crippen molar-refractivity contribution in [3.8, 4) is 0 Å². The van der Waals surface area contributed by atoms with Crippen molar-refractivity contribution in [1.82, 2.24) is 5.32 Å². The summed E-state index contributed by atoms with van der Waals surface area (Å²) in [5.74, 6) is -2.21. The van der Waals surface area contributed by atoms with Crippen molar-refractivity contribution in [3.63, 3.8) is 0 Å². The number of benzene rings is 2. The van der Waals surface area contributed by atoms with Crippen molar-refractivity contribution in [1.29, 1.82) is 0 Å². The Morgan fingerprint density at radius 3 is 2.12 bits per heavy atom. The number of methoxy groups -OCH3 is 1. The Hall–Kier alpha value is -3.10. The van der Waals surface area contributed by atoms with E-state index in [1.165, 1.54) is 7.11 Å². The van der Waals surface area contributed by atoms with Crippen LogP contribution in [0.2, 0.25) is 10.0 Å². The molecule has 3 rings (SSSR count). The van der Waals surface area contributed by atoms with E-state index in [1.807, 2.05) is 41.5 Å². The first-order valence-corrected chi connectivity index (χ1v) is 14.2. The highest BCUT2D eigenvalue weighted by Gasteiger charge is 2.59. The van der Waals surface area contributed by atoms with Crippen LogP contribution < -0.4 is 10.6 Å². The maximum atomic E-state index is 13.5. The van der Waals surface area contributed by atoms with Crippen LogP contribution in [-0.4, -0.2) is 42.5 Å². The van der Waals surface area contributed by atoms with Gasteiger partial charge in [0.05, 0.1) is 28.1 Å². The number of hydrogen-bond donors (Lipinski definition) is 2. The Morgan fingerprint density at radius 1 is 1.00 bits per heavy atom. The predicted octanol–water partition coefficient (Wildman–Crippen LogP) is 6.23. The normalized spacial score (nSPS) is 20.6. The fourth-order valence-electron chi connectivity index (χ4n) is 5.19. The summed E-state index contributed by atoms with van der Waals surface area (Å²) < 4.78 is 10.7. The molecular formula is C31H38Cl2N2O6. The van der Waals surface area contributed by atoms with Gasteiger partial charge < -0.3 is 20.1 Å². The molecule has 1 aliphatic carbocycles. The van der Waals surface area contributed by atoms with Gasteiger partial charge in [-0.1, -0.05) is 55.2 Å². The van der Waals surface area contributed by atoms with Crippen LogP contribution in [0.3, 0.4) is 0 Å². The second-order valence-electron chi connectivity index (χ2n) is 12.2. The molecule has 0 aromatic heterocycles. The molecule has 3 atom stereocenters. The molecule has 2 N–H and O–H groups in total. The van der Waals surface area contributed by atoms with Crippen LogP contribution in [0.1, 0.15) is 70.3 Å². The summed E-state index contributed by atoms with van der Waals surface area (Å²) in [4.78, 5) is 52.0. The van der Waals surface area contributed by atoms with Crippen LogP contribution in [0.15, 0.2) is 42.5 Å². The van der Waals surface area contributed by atoms with Crippen molar-refractivity contribution >= 4 is 52.6 Å². The number of rotatable bonds is 8. The Kier molecular flexibility index (Phi) is 9.81. The summed E-state index contributed by atoms with van der Waals surface area (Å²) in [7, 11) is 1.26. The second-order valence-corrected chi connectivity index (χ2v) is 13.0. The molecule has 0 heterocycles. The molecular weight excluding hydrogens is 567 g/mol. The van der Waals surface area contributed by atoms with Crippen LogP contribution >= 0.6 is 23.2 Å². The van der Waals surface area contributed by atoms with E-state index < -0.39 is 40.3 Å². The molecule has 41 heavy (non-hydrogen) atoms. The largest absolute Gasteiger partial charge is 0.467 e. The van der Waals surface area contributed by atoms with Crippen LogP contribution in [0.4, 0.5) is 5.69 Å². The van der Waals surface area contributed by atoms with E-state index in [0.29, 0.717) is 18.5 Å².